The summed E-state index contributed by atoms with van der Waals surface area (Å²) in [5.41, 5.74) is 1.86. The summed E-state index contributed by atoms with van der Waals surface area (Å²) in [5.74, 6) is 0. The van der Waals surface area contributed by atoms with Crippen molar-refractivity contribution in [2.24, 2.45) is 0 Å². The summed E-state index contributed by atoms with van der Waals surface area (Å²) in [4.78, 5) is 6.96. The number of hydrogen-bond acceptors (Lipinski definition) is 3. The first-order valence-electron chi connectivity index (χ1n) is 4.34. The van der Waals surface area contributed by atoms with Gasteiger partial charge < -0.3 is 10.2 Å². The van der Waals surface area contributed by atoms with Crippen molar-refractivity contribution in [3.05, 3.63) is 17.4 Å². The number of nitrogens with zero attached hydrogens (tertiary/aromatic N) is 2. The molecule has 1 aromatic rings. The van der Waals surface area contributed by atoms with E-state index in [0.717, 1.165) is 29.3 Å². The van der Waals surface area contributed by atoms with E-state index in [0.29, 0.717) is 5.15 Å². The average molecular weight is 244 g/mol. The number of nitrogens with one attached hydrogen (secondary N) is 1. The number of anilines is 2. The fraction of sp³-hybridized carbons (Fsp3) is 0.400. The molecule has 15 heavy (non-hydrogen) atoms. The lowest BCUT2D eigenvalue weighted by atomic mass is 10.3. The first-order chi connectivity index (χ1) is 6.68. The zero-order chi connectivity index (χ0) is 10.1. The summed E-state index contributed by atoms with van der Waals surface area (Å²) in [6, 6.07) is 1.88. The van der Waals surface area contributed by atoms with Crippen molar-refractivity contribution in [1.29, 1.82) is 0 Å². The molecule has 1 aliphatic heterocycles. The Balaban J connectivity index is 0.00000112. The fourth-order valence-corrected chi connectivity index (χ4v) is 1.99. The van der Waals surface area contributed by atoms with Crippen LogP contribution < -0.4 is 10.2 Å². The van der Waals surface area contributed by atoms with E-state index < -0.39 is 0 Å². The van der Waals surface area contributed by atoms with Crippen LogP contribution in [0.5, 0.6) is 0 Å². The van der Waals surface area contributed by atoms with Gasteiger partial charge >= 0.3 is 0 Å². The van der Waals surface area contributed by atoms with Gasteiger partial charge in [-0.1, -0.05) is 31.2 Å². The summed E-state index contributed by atoms with van der Waals surface area (Å²) in [6.07, 6.45) is 2.52. The average Bonchev–Trinajstić information content (AvgIpc) is 2.27. The lowest BCUT2D eigenvalue weighted by Gasteiger charge is -2.18. The maximum absolute atomic E-state index is 6.02. The summed E-state index contributed by atoms with van der Waals surface area (Å²) < 4.78 is 0. The Kier molecular flexibility index (Phi) is 3.88. The van der Waals surface area contributed by atoms with Crippen LogP contribution in [0.3, 0.4) is 0 Å². The van der Waals surface area contributed by atoms with Crippen molar-refractivity contribution in [3.8, 4) is 0 Å². The lowest BCUT2D eigenvalue weighted by Crippen LogP contribution is -2.18. The van der Waals surface area contributed by atoms with E-state index in [4.69, 9.17) is 23.8 Å². The van der Waals surface area contributed by atoms with Crippen LogP contribution in [0.1, 0.15) is 13.8 Å². The molecule has 3 nitrogen and oxygen atoms in total. The molecule has 0 atom stereocenters. The number of rotatable bonds is 0. The van der Waals surface area contributed by atoms with Crippen LogP contribution in [0.4, 0.5) is 11.4 Å². The van der Waals surface area contributed by atoms with Gasteiger partial charge in [0.1, 0.15) is 0 Å². The largest absolute Gasteiger partial charge is 0.370 e. The third kappa shape index (κ3) is 2.38. The zero-order valence-electron chi connectivity index (χ0n) is 7.75. The Morgan fingerprint density at radius 2 is 2.33 bits per heavy atom. The Labute approximate surface area is 100 Å². The molecule has 2 rings (SSSR count). The number of halogens is 1. The normalized spacial score (nSPS) is 14.8. The summed E-state index contributed by atoms with van der Waals surface area (Å²) in [6.45, 7) is 0.865. The van der Waals surface area contributed by atoms with Crippen molar-refractivity contribution < 1.29 is 0 Å². The topological polar surface area (TPSA) is 28.2 Å². The Morgan fingerprint density at radius 1 is 1.60 bits per heavy atom. The van der Waals surface area contributed by atoms with E-state index >= 15 is 0 Å². The van der Waals surface area contributed by atoms with Gasteiger partial charge in [-0.25, -0.2) is 4.98 Å². The van der Waals surface area contributed by atoms with Crippen LogP contribution in [0.15, 0.2) is 12.3 Å². The first kappa shape index (κ1) is 12.2. The molecule has 0 fully saturated rings. The molecular weight excluding hydrogens is 230 g/mol. The number of thiocarbonyl (C=S) groups is 1. The molecule has 82 valence electrons. The highest BCUT2D eigenvalue weighted by molar-refractivity contribution is 7.80. The van der Waals surface area contributed by atoms with Gasteiger partial charge in [-0.05, 0) is 6.07 Å². The minimum absolute atomic E-state index is 0. The second-order valence-electron chi connectivity index (χ2n) is 3.22. The van der Waals surface area contributed by atoms with Gasteiger partial charge in [0.05, 0.1) is 16.4 Å². The molecule has 0 aromatic carbocycles. The van der Waals surface area contributed by atoms with E-state index in [1.807, 2.05) is 13.1 Å². The van der Waals surface area contributed by atoms with E-state index in [2.05, 4.69) is 15.2 Å². The molecule has 0 bridgehead atoms. The fourth-order valence-electron chi connectivity index (χ4n) is 1.49. The van der Waals surface area contributed by atoms with Gasteiger partial charge in [0.25, 0.3) is 0 Å². The molecule has 1 aromatic heterocycles. The maximum Gasteiger partial charge on any atom is 0.154 e. The minimum atomic E-state index is 0. The van der Waals surface area contributed by atoms with Gasteiger partial charge in [0.15, 0.2) is 5.15 Å². The zero-order valence-corrected chi connectivity index (χ0v) is 9.32. The number of fused-ring (bicyclic) bond motifs is 1. The molecule has 0 amide bonds. The predicted octanol–water partition coefficient (Wildman–Crippen LogP) is 2.95. The van der Waals surface area contributed by atoms with Crippen LogP contribution in [-0.2, 0) is 0 Å². The second kappa shape index (κ2) is 4.77. The molecule has 1 N–H and O–H groups in total. The molecule has 0 saturated heterocycles. The Bertz CT molecular complexity index is 381. The third-order valence-electron chi connectivity index (χ3n) is 2.21. The molecule has 5 heteroatoms. The van der Waals surface area contributed by atoms with Gasteiger partial charge in [-0.2, -0.15) is 0 Å². The van der Waals surface area contributed by atoms with Crippen molar-refractivity contribution in [2.75, 3.05) is 23.8 Å². The first-order valence-corrected chi connectivity index (χ1v) is 5.12. The number of pyridine rings is 1. The SMILES string of the molecule is C.CN1CCC(=S)Nc2ccnc(Cl)c21. The Hall–Kier alpha value is -0.870. The van der Waals surface area contributed by atoms with E-state index in [1.54, 1.807) is 6.20 Å². The molecule has 0 unspecified atom stereocenters. The predicted molar refractivity (Wildman–Crippen MR) is 70.1 cm³/mol. The van der Waals surface area contributed by atoms with Crippen molar-refractivity contribution >= 4 is 40.2 Å². The van der Waals surface area contributed by atoms with Gasteiger partial charge in [0.2, 0.25) is 0 Å². The van der Waals surface area contributed by atoms with Crippen LogP contribution in [-0.4, -0.2) is 23.6 Å². The second-order valence-corrected chi connectivity index (χ2v) is 4.07. The van der Waals surface area contributed by atoms with Gasteiger partial charge in [-0.3, -0.25) is 0 Å². The summed E-state index contributed by atoms with van der Waals surface area (Å²) in [5, 5.41) is 3.67. The van der Waals surface area contributed by atoms with Crippen LogP contribution in [0.2, 0.25) is 5.15 Å². The van der Waals surface area contributed by atoms with Crippen molar-refractivity contribution in [2.45, 2.75) is 13.8 Å². The third-order valence-corrected chi connectivity index (χ3v) is 2.79. The number of aromatic nitrogens is 1. The standard InChI is InChI=1S/C9H10ClN3S.CH4/c1-13-5-3-7(14)12-6-2-4-11-9(10)8(6)13;/h2,4H,3,5H2,1H3,(H,12,14);1H4. The van der Waals surface area contributed by atoms with Crippen LogP contribution in [0.25, 0.3) is 0 Å². The van der Waals surface area contributed by atoms with Crippen molar-refractivity contribution in [1.82, 2.24) is 4.98 Å². The number of hydrogen-bond donors (Lipinski definition) is 1. The van der Waals surface area contributed by atoms with Crippen molar-refractivity contribution in [3.63, 3.8) is 0 Å². The molecule has 0 spiro atoms. The monoisotopic (exact) mass is 243 g/mol. The van der Waals surface area contributed by atoms with Crippen LogP contribution in [0, 0.1) is 0 Å². The molecular formula is C10H14ClN3S. The smallest absolute Gasteiger partial charge is 0.154 e. The van der Waals surface area contributed by atoms with E-state index in [-0.39, 0.29) is 7.43 Å². The molecule has 1 aliphatic rings. The molecule has 0 radical (unpaired) electrons. The highest BCUT2D eigenvalue weighted by Gasteiger charge is 2.17. The lowest BCUT2D eigenvalue weighted by molar-refractivity contribution is 0.931. The quantitative estimate of drug-likeness (QED) is 0.560. The molecule has 0 saturated carbocycles. The summed E-state index contributed by atoms with van der Waals surface area (Å²) in [7, 11) is 1.99. The highest BCUT2D eigenvalue weighted by Crippen LogP contribution is 2.33. The summed E-state index contributed by atoms with van der Waals surface area (Å²) >= 11 is 11.2. The van der Waals surface area contributed by atoms with E-state index in [1.165, 1.54) is 0 Å². The van der Waals surface area contributed by atoms with Gasteiger partial charge in [0, 0.05) is 26.2 Å². The highest BCUT2D eigenvalue weighted by atomic mass is 35.5. The van der Waals surface area contributed by atoms with Crippen LogP contribution >= 0.6 is 23.8 Å². The van der Waals surface area contributed by atoms with Gasteiger partial charge in [-0.15, -0.1) is 0 Å². The maximum atomic E-state index is 6.02. The molecule has 0 aliphatic carbocycles. The Morgan fingerprint density at radius 3 is 3.07 bits per heavy atom. The molecule has 2 heterocycles. The van der Waals surface area contributed by atoms with E-state index in [9.17, 15) is 0 Å². The minimum Gasteiger partial charge on any atom is -0.370 e.